The highest BCUT2D eigenvalue weighted by Gasteiger charge is 2.15. The molecule has 1 aromatic carbocycles. The first-order valence-corrected chi connectivity index (χ1v) is 6.55. The Hall–Kier alpha value is -2.56. The van der Waals surface area contributed by atoms with Crippen LogP contribution in [0.15, 0.2) is 53.8 Å². The van der Waals surface area contributed by atoms with Crippen molar-refractivity contribution in [2.45, 2.75) is 6.54 Å². The van der Waals surface area contributed by atoms with Crippen molar-refractivity contribution in [2.75, 3.05) is 6.54 Å². The summed E-state index contributed by atoms with van der Waals surface area (Å²) in [5, 5.41) is 0. The minimum atomic E-state index is -0.534. The summed E-state index contributed by atoms with van der Waals surface area (Å²) in [5.41, 5.74) is 2.35. The predicted octanol–water partition coefficient (Wildman–Crippen LogP) is 3.24. The summed E-state index contributed by atoms with van der Waals surface area (Å²) in [5.74, 6) is -0.799. The molecule has 0 aliphatic carbocycles. The number of pyridine rings is 1. The summed E-state index contributed by atoms with van der Waals surface area (Å²) in [4.78, 5) is 9.69. The van der Waals surface area contributed by atoms with Crippen LogP contribution in [-0.2, 0) is 6.54 Å². The van der Waals surface area contributed by atoms with E-state index in [1.54, 1.807) is 24.5 Å². The van der Waals surface area contributed by atoms with Crippen LogP contribution >= 0.6 is 0 Å². The zero-order valence-electron chi connectivity index (χ0n) is 11.2. The second-order valence-electron chi connectivity index (χ2n) is 4.72. The maximum atomic E-state index is 13.3. The SMILES string of the molecule is Fc1cccc(CN2CC=NC=C2c2ccnc(F)c2)c1. The number of hydrogen-bond acceptors (Lipinski definition) is 3. The number of hydrogen-bond donors (Lipinski definition) is 0. The van der Waals surface area contributed by atoms with Gasteiger partial charge in [-0.1, -0.05) is 12.1 Å². The van der Waals surface area contributed by atoms with Crippen LogP contribution in [0.3, 0.4) is 0 Å². The van der Waals surface area contributed by atoms with Crippen LogP contribution in [0.1, 0.15) is 11.1 Å². The van der Waals surface area contributed by atoms with Crippen molar-refractivity contribution < 1.29 is 8.78 Å². The molecule has 0 atom stereocenters. The van der Waals surface area contributed by atoms with Gasteiger partial charge in [-0.05, 0) is 23.8 Å². The lowest BCUT2D eigenvalue weighted by atomic mass is 10.1. The van der Waals surface area contributed by atoms with E-state index < -0.39 is 5.95 Å². The molecule has 0 radical (unpaired) electrons. The van der Waals surface area contributed by atoms with Gasteiger partial charge in [0.2, 0.25) is 5.95 Å². The van der Waals surface area contributed by atoms with Crippen molar-refractivity contribution in [2.24, 2.45) is 4.99 Å². The van der Waals surface area contributed by atoms with Gasteiger partial charge in [0.15, 0.2) is 0 Å². The zero-order chi connectivity index (χ0) is 14.7. The molecule has 0 spiro atoms. The molecule has 0 saturated carbocycles. The second-order valence-corrected chi connectivity index (χ2v) is 4.72. The molecule has 1 aliphatic rings. The van der Waals surface area contributed by atoms with E-state index in [9.17, 15) is 8.78 Å². The van der Waals surface area contributed by atoms with E-state index in [-0.39, 0.29) is 5.82 Å². The predicted molar refractivity (Wildman–Crippen MR) is 77.5 cm³/mol. The van der Waals surface area contributed by atoms with Crippen LogP contribution in [0, 0.1) is 11.8 Å². The highest BCUT2D eigenvalue weighted by atomic mass is 19.1. The Balaban J connectivity index is 1.88. The van der Waals surface area contributed by atoms with Gasteiger partial charge < -0.3 is 4.90 Å². The molecule has 0 saturated heterocycles. The van der Waals surface area contributed by atoms with Crippen molar-refractivity contribution in [3.05, 3.63) is 71.7 Å². The van der Waals surface area contributed by atoms with E-state index in [0.29, 0.717) is 18.7 Å². The summed E-state index contributed by atoms with van der Waals surface area (Å²) in [6.07, 6.45) is 4.86. The van der Waals surface area contributed by atoms with Crippen LogP contribution in [0.25, 0.3) is 5.70 Å². The van der Waals surface area contributed by atoms with Gasteiger partial charge in [0.05, 0.1) is 18.4 Å². The van der Waals surface area contributed by atoms with Gasteiger partial charge in [-0.25, -0.2) is 9.37 Å². The normalized spacial score (nSPS) is 14.2. The molecule has 0 unspecified atom stereocenters. The van der Waals surface area contributed by atoms with Crippen molar-refractivity contribution in [3.63, 3.8) is 0 Å². The lowest BCUT2D eigenvalue weighted by molar-refractivity contribution is 0.440. The first-order chi connectivity index (χ1) is 10.2. The fourth-order valence-corrected chi connectivity index (χ4v) is 2.27. The first-order valence-electron chi connectivity index (χ1n) is 6.55. The molecular formula is C16H13F2N3. The van der Waals surface area contributed by atoms with Crippen molar-refractivity contribution in [1.29, 1.82) is 0 Å². The smallest absolute Gasteiger partial charge is 0.213 e. The molecule has 106 valence electrons. The monoisotopic (exact) mass is 285 g/mol. The molecule has 21 heavy (non-hydrogen) atoms. The minimum Gasteiger partial charge on any atom is -0.360 e. The van der Waals surface area contributed by atoms with Crippen LogP contribution < -0.4 is 0 Å². The topological polar surface area (TPSA) is 28.5 Å². The second kappa shape index (κ2) is 5.83. The largest absolute Gasteiger partial charge is 0.360 e. The van der Waals surface area contributed by atoms with E-state index in [0.717, 1.165) is 11.3 Å². The Bertz CT molecular complexity index is 710. The highest BCUT2D eigenvalue weighted by molar-refractivity contribution is 5.73. The molecule has 0 amide bonds. The quantitative estimate of drug-likeness (QED) is 0.810. The average molecular weight is 285 g/mol. The molecule has 0 N–H and O–H groups in total. The van der Waals surface area contributed by atoms with Gasteiger partial charge in [-0.15, -0.1) is 0 Å². The van der Waals surface area contributed by atoms with Crippen molar-refractivity contribution >= 4 is 11.9 Å². The van der Waals surface area contributed by atoms with Crippen LogP contribution in [0.5, 0.6) is 0 Å². The fraction of sp³-hybridized carbons (Fsp3) is 0.125. The number of benzene rings is 1. The van der Waals surface area contributed by atoms with Gasteiger partial charge in [-0.2, -0.15) is 4.39 Å². The Morgan fingerprint density at radius 2 is 2.05 bits per heavy atom. The van der Waals surface area contributed by atoms with Gasteiger partial charge in [0.25, 0.3) is 0 Å². The Kier molecular flexibility index (Phi) is 3.73. The number of rotatable bonds is 3. The summed E-state index contributed by atoms with van der Waals surface area (Å²) >= 11 is 0. The van der Waals surface area contributed by atoms with Gasteiger partial charge in [-0.3, -0.25) is 4.99 Å². The van der Waals surface area contributed by atoms with E-state index in [1.165, 1.54) is 24.4 Å². The molecule has 0 fully saturated rings. The van der Waals surface area contributed by atoms with Crippen LogP contribution in [-0.4, -0.2) is 22.6 Å². The summed E-state index contributed by atoms with van der Waals surface area (Å²) in [6, 6.07) is 9.55. The first kappa shape index (κ1) is 13.4. The average Bonchev–Trinajstić information content (AvgIpc) is 2.48. The van der Waals surface area contributed by atoms with Crippen LogP contribution in [0.4, 0.5) is 8.78 Å². The Labute approximate surface area is 121 Å². The van der Waals surface area contributed by atoms with Gasteiger partial charge >= 0.3 is 0 Å². The minimum absolute atomic E-state index is 0.265. The van der Waals surface area contributed by atoms with Crippen molar-refractivity contribution in [1.82, 2.24) is 9.88 Å². The van der Waals surface area contributed by atoms with Crippen LogP contribution in [0.2, 0.25) is 0 Å². The summed E-state index contributed by atoms with van der Waals surface area (Å²) in [6.45, 7) is 1.12. The third kappa shape index (κ3) is 3.13. The van der Waals surface area contributed by atoms with Gasteiger partial charge in [0.1, 0.15) is 5.82 Å². The highest BCUT2D eigenvalue weighted by Crippen LogP contribution is 2.23. The molecule has 2 heterocycles. The van der Waals surface area contributed by atoms with E-state index >= 15 is 0 Å². The fourth-order valence-electron chi connectivity index (χ4n) is 2.27. The lowest BCUT2D eigenvalue weighted by Crippen LogP contribution is -2.26. The Morgan fingerprint density at radius 1 is 1.14 bits per heavy atom. The molecule has 0 bridgehead atoms. The van der Waals surface area contributed by atoms with E-state index in [2.05, 4.69) is 9.98 Å². The molecule has 3 rings (SSSR count). The van der Waals surface area contributed by atoms with Gasteiger partial charge in [0, 0.05) is 30.6 Å². The Morgan fingerprint density at radius 3 is 2.86 bits per heavy atom. The maximum Gasteiger partial charge on any atom is 0.213 e. The van der Waals surface area contributed by atoms with Crippen molar-refractivity contribution in [3.8, 4) is 0 Å². The molecule has 2 aromatic rings. The zero-order valence-corrected chi connectivity index (χ0v) is 11.2. The number of nitrogens with zero attached hydrogens (tertiary/aromatic N) is 3. The molecule has 1 aromatic heterocycles. The summed E-state index contributed by atoms with van der Waals surface area (Å²) in [7, 11) is 0. The lowest BCUT2D eigenvalue weighted by Gasteiger charge is -2.28. The number of aliphatic imine (C=N–C) groups is 1. The molecule has 5 heteroatoms. The molecule has 1 aliphatic heterocycles. The van der Waals surface area contributed by atoms with E-state index in [4.69, 9.17) is 0 Å². The molecule has 3 nitrogen and oxygen atoms in total. The standard InChI is InChI=1S/C16H13F2N3/c17-14-3-1-2-12(8-14)11-21-7-6-19-10-15(21)13-4-5-20-16(18)9-13/h1-6,8-10H,7,11H2. The third-order valence-corrected chi connectivity index (χ3v) is 3.23. The summed E-state index contributed by atoms with van der Waals surface area (Å²) < 4.78 is 26.6. The maximum absolute atomic E-state index is 13.3. The number of aromatic nitrogens is 1. The third-order valence-electron chi connectivity index (χ3n) is 3.23. The molecular weight excluding hydrogens is 272 g/mol. The van der Waals surface area contributed by atoms with E-state index in [1.807, 2.05) is 11.0 Å². The number of halogens is 2.